The van der Waals surface area contributed by atoms with Crippen molar-refractivity contribution in [1.29, 1.82) is 5.26 Å². The van der Waals surface area contributed by atoms with Crippen molar-refractivity contribution >= 4 is 11.6 Å². The average Bonchev–Trinajstić information content (AvgIpc) is 2.40. The topological polar surface area (TPSA) is 81.6 Å². The maximum Gasteiger partial charge on any atom is 0.252 e. The summed E-state index contributed by atoms with van der Waals surface area (Å²) in [5.41, 5.74) is 2.81. The van der Waals surface area contributed by atoms with Crippen LogP contribution in [0.25, 0.3) is 0 Å². The van der Waals surface area contributed by atoms with Crippen LogP contribution < -0.4 is 10.9 Å². The van der Waals surface area contributed by atoms with Gasteiger partial charge in [0.05, 0.1) is 11.6 Å². The Kier molecular flexibility index (Phi) is 4.16. The molecule has 0 aliphatic heterocycles. The van der Waals surface area contributed by atoms with E-state index in [1.165, 1.54) is 6.07 Å². The summed E-state index contributed by atoms with van der Waals surface area (Å²) in [5.74, 6) is 0.397. The molecule has 0 aliphatic rings. The number of rotatable bonds is 4. The van der Waals surface area contributed by atoms with Crippen LogP contribution in [0.4, 0.5) is 11.6 Å². The molecule has 0 radical (unpaired) electrons. The molecule has 0 atom stereocenters. The van der Waals surface area contributed by atoms with Crippen LogP contribution >= 0.6 is 0 Å². The van der Waals surface area contributed by atoms with Gasteiger partial charge in [0.15, 0.2) is 0 Å². The van der Waals surface area contributed by atoms with Gasteiger partial charge in [0, 0.05) is 17.4 Å². The lowest BCUT2D eigenvalue weighted by molar-refractivity contribution is 0.870. The fourth-order valence-electron chi connectivity index (χ4n) is 1.91. The zero-order valence-corrected chi connectivity index (χ0v) is 11.5. The summed E-state index contributed by atoms with van der Waals surface area (Å²) >= 11 is 0. The van der Waals surface area contributed by atoms with Crippen molar-refractivity contribution in [2.24, 2.45) is 0 Å². The third-order valence-corrected chi connectivity index (χ3v) is 2.92. The summed E-state index contributed by atoms with van der Waals surface area (Å²) in [6, 6.07) is 9.08. The molecule has 102 valence electrons. The normalized spacial score (nSPS) is 10.1. The van der Waals surface area contributed by atoms with Crippen molar-refractivity contribution in [1.82, 2.24) is 9.97 Å². The van der Waals surface area contributed by atoms with E-state index in [0.29, 0.717) is 11.5 Å². The van der Waals surface area contributed by atoms with E-state index < -0.39 is 0 Å². The van der Waals surface area contributed by atoms with E-state index in [2.05, 4.69) is 21.4 Å². The zero-order valence-electron chi connectivity index (χ0n) is 11.5. The van der Waals surface area contributed by atoms with Gasteiger partial charge in [-0.25, -0.2) is 4.98 Å². The van der Waals surface area contributed by atoms with E-state index >= 15 is 0 Å². The van der Waals surface area contributed by atoms with Crippen LogP contribution in [0.3, 0.4) is 0 Å². The Bertz CT molecular complexity index is 713. The second-order valence-electron chi connectivity index (χ2n) is 4.60. The van der Waals surface area contributed by atoms with E-state index in [1.807, 2.05) is 26.0 Å². The van der Waals surface area contributed by atoms with E-state index in [-0.39, 0.29) is 5.56 Å². The van der Waals surface area contributed by atoms with E-state index in [9.17, 15) is 4.79 Å². The highest BCUT2D eigenvalue weighted by molar-refractivity contribution is 5.58. The SMILES string of the molecule is CCCc1cc(=O)[nH]c(Nc2ccc(C)c(C#N)c2)n1. The number of nitriles is 1. The fourth-order valence-corrected chi connectivity index (χ4v) is 1.91. The number of hydrogen-bond donors (Lipinski definition) is 2. The van der Waals surface area contributed by atoms with Gasteiger partial charge in [-0.15, -0.1) is 0 Å². The predicted octanol–water partition coefficient (Wildman–Crippen LogP) is 2.65. The molecule has 0 saturated heterocycles. The minimum atomic E-state index is -0.182. The molecule has 0 aliphatic carbocycles. The molecule has 1 aromatic carbocycles. The number of aromatic amines is 1. The highest BCUT2D eigenvalue weighted by Gasteiger charge is 2.03. The van der Waals surface area contributed by atoms with Crippen molar-refractivity contribution in [3.05, 3.63) is 51.4 Å². The van der Waals surface area contributed by atoms with Gasteiger partial charge >= 0.3 is 0 Å². The van der Waals surface area contributed by atoms with Crippen molar-refractivity contribution in [3.8, 4) is 6.07 Å². The van der Waals surface area contributed by atoms with Gasteiger partial charge in [-0.05, 0) is 31.0 Å². The summed E-state index contributed by atoms with van der Waals surface area (Å²) in [4.78, 5) is 18.6. The molecule has 1 aromatic heterocycles. The molecule has 20 heavy (non-hydrogen) atoms. The second-order valence-corrected chi connectivity index (χ2v) is 4.60. The number of benzene rings is 1. The monoisotopic (exact) mass is 268 g/mol. The van der Waals surface area contributed by atoms with Gasteiger partial charge in [0.2, 0.25) is 5.95 Å². The maximum atomic E-state index is 11.6. The van der Waals surface area contributed by atoms with Crippen LogP contribution in [0.1, 0.15) is 30.2 Å². The molecule has 5 nitrogen and oxygen atoms in total. The summed E-state index contributed by atoms with van der Waals surface area (Å²) in [6.07, 6.45) is 1.69. The van der Waals surface area contributed by atoms with Crippen molar-refractivity contribution in [2.45, 2.75) is 26.7 Å². The van der Waals surface area contributed by atoms with Gasteiger partial charge in [-0.2, -0.15) is 5.26 Å². The van der Waals surface area contributed by atoms with Crippen LogP contribution in [-0.4, -0.2) is 9.97 Å². The quantitative estimate of drug-likeness (QED) is 0.893. The van der Waals surface area contributed by atoms with Crippen LogP contribution in [0, 0.1) is 18.3 Å². The maximum absolute atomic E-state index is 11.6. The van der Waals surface area contributed by atoms with Crippen LogP contribution in [-0.2, 0) is 6.42 Å². The average molecular weight is 268 g/mol. The van der Waals surface area contributed by atoms with Gasteiger partial charge in [-0.3, -0.25) is 9.78 Å². The first-order valence-electron chi connectivity index (χ1n) is 6.50. The molecule has 0 saturated carbocycles. The van der Waals surface area contributed by atoms with Crippen LogP contribution in [0.5, 0.6) is 0 Å². The van der Waals surface area contributed by atoms with Gasteiger partial charge in [0.25, 0.3) is 5.56 Å². The molecule has 0 spiro atoms. The summed E-state index contributed by atoms with van der Waals surface area (Å²) in [5, 5.41) is 12.0. The van der Waals surface area contributed by atoms with Crippen molar-refractivity contribution in [2.75, 3.05) is 5.32 Å². The lowest BCUT2D eigenvalue weighted by Gasteiger charge is -2.08. The first-order chi connectivity index (χ1) is 9.62. The lowest BCUT2D eigenvalue weighted by atomic mass is 10.1. The van der Waals surface area contributed by atoms with Gasteiger partial charge in [-0.1, -0.05) is 19.4 Å². The first kappa shape index (κ1) is 13.8. The lowest BCUT2D eigenvalue weighted by Crippen LogP contribution is -2.12. The third-order valence-electron chi connectivity index (χ3n) is 2.92. The number of aryl methyl sites for hydroxylation is 2. The number of nitrogens with zero attached hydrogens (tertiary/aromatic N) is 2. The van der Waals surface area contributed by atoms with Crippen LogP contribution in [0.15, 0.2) is 29.1 Å². The molecule has 2 rings (SSSR count). The van der Waals surface area contributed by atoms with E-state index in [0.717, 1.165) is 29.8 Å². The minimum Gasteiger partial charge on any atom is -0.326 e. The Morgan fingerprint density at radius 3 is 2.90 bits per heavy atom. The Morgan fingerprint density at radius 2 is 2.20 bits per heavy atom. The number of anilines is 2. The minimum absolute atomic E-state index is 0.182. The zero-order chi connectivity index (χ0) is 14.5. The predicted molar refractivity (Wildman–Crippen MR) is 78.0 cm³/mol. The molecule has 0 bridgehead atoms. The Hall–Kier alpha value is -2.61. The first-order valence-corrected chi connectivity index (χ1v) is 6.50. The molecular formula is C15H16N4O. The highest BCUT2D eigenvalue weighted by Crippen LogP contribution is 2.17. The molecule has 0 amide bonds. The fraction of sp³-hybridized carbons (Fsp3) is 0.267. The Balaban J connectivity index is 2.30. The summed E-state index contributed by atoms with van der Waals surface area (Å²) in [6.45, 7) is 3.92. The largest absolute Gasteiger partial charge is 0.326 e. The number of nitrogens with one attached hydrogen (secondary N) is 2. The van der Waals surface area contributed by atoms with Crippen molar-refractivity contribution in [3.63, 3.8) is 0 Å². The number of hydrogen-bond acceptors (Lipinski definition) is 4. The molecule has 2 aromatic rings. The van der Waals surface area contributed by atoms with Crippen LogP contribution in [0.2, 0.25) is 0 Å². The van der Waals surface area contributed by atoms with E-state index in [4.69, 9.17) is 5.26 Å². The number of aromatic nitrogens is 2. The van der Waals surface area contributed by atoms with Gasteiger partial charge in [0.1, 0.15) is 0 Å². The van der Waals surface area contributed by atoms with E-state index in [1.54, 1.807) is 6.07 Å². The molecule has 2 N–H and O–H groups in total. The smallest absolute Gasteiger partial charge is 0.252 e. The number of H-pyrrole nitrogens is 1. The van der Waals surface area contributed by atoms with Crippen molar-refractivity contribution < 1.29 is 0 Å². The summed E-state index contributed by atoms with van der Waals surface area (Å²) < 4.78 is 0. The molecule has 5 heteroatoms. The Labute approximate surface area is 117 Å². The van der Waals surface area contributed by atoms with Gasteiger partial charge < -0.3 is 5.32 Å². The standard InChI is InChI=1S/C15H16N4O/c1-3-4-12-8-14(20)19-15(17-12)18-13-6-5-10(2)11(7-13)9-16/h5-8H,3-4H2,1-2H3,(H2,17,18,19,20). The second kappa shape index (κ2) is 6.02. The third kappa shape index (κ3) is 3.23. The Morgan fingerprint density at radius 1 is 1.40 bits per heavy atom. The molecule has 0 unspecified atom stereocenters. The molecule has 0 fully saturated rings. The molecule has 1 heterocycles. The summed E-state index contributed by atoms with van der Waals surface area (Å²) in [7, 11) is 0. The highest BCUT2D eigenvalue weighted by atomic mass is 16.1. The molecular weight excluding hydrogens is 252 g/mol.